The fraction of sp³-hybridized carbons (Fsp3) is 0.778. The number of imide groups is 2. The first-order chi connectivity index (χ1) is 21.7. The van der Waals surface area contributed by atoms with E-state index >= 15 is 0 Å². The molecule has 2 heterocycles. The average Bonchev–Trinajstić information content (AvgIpc) is 3.51. The van der Waals surface area contributed by atoms with Crippen molar-refractivity contribution < 1.29 is 77.1 Å². The van der Waals surface area contributed by atoms with Crippen molar-refractivity contribution in [3.8, 4) is 0 Å². The molecule has 0 aromatic rings. The van der Waals surface area contributed by atoms with Crippen LogP contribution >= 0.6 is 0 Å². The van der Waals surface area contributed by atoms with E-state index in [1.165, 1.54) is 0 Å². The quantitative estimate of drug-likeness (QED) is 0.0798. The summed E-state index contributed by atoms with van der Waals surface area (Å²) >= 11 is 0. The Morgan fingerprint density at radius 3 is 1.16 bits per heavy atom. The van der Waals surface area contributed by atoms with E-state index in [1.54, 1.807) is 0 Å². The van der Waals surface area contributed by atoms with E-state index in [9.17, 15) is 28.8 Å². The van der Waals surface area contributed by atoms with Gasteiger partial charge in [-0.15, -0.1) is 0 Å². The van der Waals surface area contributed by atoms with E-state index in [0.717, 1.165) is 0 Å². The van der Waals surface area contributed by atoms with Crippen molar-refractivity contribution in [1.82, 2.24) is 10.1 Å². The van der Waals surface area contributed by atoms with E-state index in [1.807, 2.05) is 0 Å². The summed E-state index contributed by atoms with van der Waals surface area (Å²) in [6.45, 7) is 0.930. The minimum absolute atomic E-state index is 0.0353. The second kappa shape index (κ2) is 21.3. The third-order valence-electron chi connectivity index (χ3n) is 6.18. The molecule has 0 atom stereocenters. The molecule has 45 heavy (non-hydrogen) atoms. The Balaban J connectivity index is 1.79. The van der Waals surface area contributed by atoms with Crippen LogP contribution in [0.1, 0.15) is 51.4 Å². The molecule has 2 rings (SSSR count). The normalized spacial score (nSPS) is 15.2. The fourth-order valence-electron chi connectivity index (χ4n) is 3.89. The van der Waals surface area contributed by atoms with E-state index in [4.69, 9.17) is 38.6 Å². The summed E-state index contributed by atoms with van der Waals surface area (Å²) in [6.07, 6.45) is -1.19. The summed E-state index contributed by atoms with van der Waals surface area (Å²) in [5.74, 6) is -2.48. The zero-order valence-electron chi connectivity index (χ0n) is 25.1. The Morgan fingerprint density at radius 1 is 0.533 bits per heavy atom. The Labute approximate surface area is 259 Å². The maximum Gasteiger partial charge on any atom is 0.533 e. The lowest BCUT2D eigenvalue weighted by atomic mass is 9.92. The number of nitrogens with zero attached hydrogens (tertiary/aromatic N) is 2. The molecule has 0 radical (unpaired) electrons. The van der Waals surface area contributed by atoms with Crippen molar-refractivity contribution in [3.05, 3.63) is 0 Å². The highest BCUT2D eigenvalue weighted by atomic mass is 16.8. The molecule has 2 aliphatic heterocycles. The Kier molecular flexibility index (Phi) is 17.9. The van der Waals surface area contributed by atoms with Gasteiger partial charge in [-0.2, -0.15) is 0 Å². The lowest BCUT2D eigenvalue weighted by Gasteiger charge is -2.33. The molecule has 2 N–H and O–H groups in total. The molecular weight excluding hydrogens is 608 g/mol. The number of aliphatic hydroxyl groups excluding tert-OH is 2. The second-order valence-corrected chi connectivity index (χ2v) is 10.1. The fourth-order valence-corrected chi connectivity index (χ4v) is 3.89. The molecule has 2 saturated heterocycles. The van der Waals surface area contributed by atoms with Gasteiger partial charge in [-0.05, 0) is 12.8 Å². The Morgan fingerprint density at radius 2 is 0.844 bits per heavy atom. The van der Waals surface area contributed by atoms with Gasteiger partial charge in [0.15, 0.2) is 0 Å². The minimum atomic E-state index is -1.19. The van der Waals surface area contributed by atoms with Crippen molar-refractivity contribution in [2.24, 2.45) is 5.41 Å². The predicted molar refractivity (Wildman–Crippen MR) is 145 cm³/mol. The van der Waals surface area contributed by atoms with E-state index < -0.39 is 41.4 Å². The molecule has 0 unspecified atom stereocenters. The number of hydrogen-bond acceptors (Lipinski definition) is 16. The number of hydrogen-bond donors (Lipinski definition) is 2. The average molecular weight is 651 g/mol. The maximum absolute atomic E-state index is 11.8. The second-order valence-electron chi connectivity index (χ2n) is 10.1. The van der Waals surface area contributed by atoms with E-state index in [2.05, 4.69) is 9.68 Å². The highest BCUT2D eigenvalue weighted by Gasteiger charge is 2.35. The molecule has 18 heteroatoms. The number of aliphatic hydroxyl groups is 2. The molecular formula is C27H42N2O16. The van der Waals surface area contributed by atoms with Crippen molar-refractivity contribution in [2.45, 2.75) is 51.4 Å². The van der Waals surface area contributed by atoms with Gasteiger partial charge in [0.1, 0.15) is 0 Å². The van der Waals surface area contributed by atoms with E-state index in [-0.39, 0.29) is 118 Å². The van der Waals surface area contributed by atoms with Gasteiger partial charge in [0.25, 0.3) is 23.6 Å². The van der Waals surface area contributed by atoms with Gasteiger partial charge in [0, 0.05) is 78.2 Å². The highest BCUT2D eigenvalue weighted by molar-refractivity contribution is 6.02. The summed E-state index contributed by atoms with van der Waals surface area (Å²) in [5, 5.41) is 19.0. The molecule has 4 amide bonds. The van der Waals surface area contributed by atoms with Crippen molar-refractivity contribution in [1.29, 1.82) is 0 Å². The Hall–Kier alpha value is -3.42. The minimum Gasteiger partial charge on any atom is -0.433 e. The first kappa shape index (κ1) is 37.8. The number of amides is 4. The highest BCUT2D eigenvalue weighted by Crippen LogP contribution is 2.22. The standard InChI is InChI=1S/C27H42N2O16/c30-9-1-11-38-17-27(18-39-12-2-10-31,19-40-13-3-15-42-25(36)44-28-21(32)5-6-22(28)33)20-41-14-4-16-43-26(37)45-29-23(34)7-8-24(29)35/h30-31H,1-20H2. The van der Waals surface area contributed by atoms with Crippen molar-refractivity contribution in [3.63, 3.8) is 0 Å². The molecule has 256 valence electrons. The van der Waals surface area contributed by atoms with E-state index in [0.29, 0.717) is 23.0 Å². The van der Waals surface area contributed by atoms with Crippen molar-refractivity contribution >= 4 is 35.9 Å². The van der Waals surface area contributed by atoms with Crippen LogP contribution in [0.4, 0.5) is 9.59 Å². The molecule has 0 aliphatic carbocycles. The van der Waals surface area contributed by atoms with Crippen LogP contribution in [0.2, 0.25) is 0 Å². The van der Waals surface area contributed by atoms with Gasteiger partial charge in [-0.25, -0.2) is 9.59 Å². The van der Waals surface area contributed by atoms with Crippen LogP contribution in [0.3, 0.4) is 0 Å². The number of carbonyl (C=O) groups excluding carboxylic acids is 6. The summed E-state index contributed by atoms with van der Waals surface area (Å²) in [4.78, 5) is 79.0. The topological polar surface area (TPSA) is 223 Å². The maximum atomic E-state index is 11.8. The van der Waals surface area contributed by atoms with Gasteiger partial charge in [0.05, 0.1) is 45.1 Å². The van der Waals surface area contributed by atoms with Crippen LogP contribution in [-0.2, 0) is 57.3 Å². The smallest absolute Gasteiger partial charge is 0.433 e. The molecule has 0 bridgehead atoms. The van der Waals surface area contributed by atoms with Gasteiger partial charge in [-0.1, -0.05) is 10.1 Å². The van der Waals surface area contributed by atoms with Crippen LogP contribution in [0, 0.1) is 5.41 Å². The van der Waals surface area contributed by atoms with Crippen LogP contribution in [0.15, 0.2) is 0 Å². The molecule has 0 aromatic carbocycles. The largest absolute Gasteiger partial charge is 0.533 e. The number of ether oxygens (including phenoxy) is 6. The summed E-state index contributed by atoms with van der Waals surface area (Å²) < 4.78 is 32.9. The summed E-state index contributed by atoms with van der Waals surface area (Å²) in [5.41, 5.74) is -0.822. The number of hydroxylamine groups is 4. The van der Waals surface area contributed by atoms with Gasteiger partial charge < -0.3 is 38.6 Å². The summed E-state index contributed by atoms with van der Waals surface area (Å²) in [6, 6.07) is 0. The first-order valence-corrected chi connectivity index (χ1v) is 14.6. The zero-order valence-corrected chi connectivity index (χ0v) is 25.1. The molecule has 0 aromatic heterocycles. The van der Waals surface area contributed by atoms with Gasteiger partial charge in [0.2, 0.25) is 0 Å². The van der Waals surface area contributed by atoms with Crippen LogP contribution < -0.4 is 0 Å². The lowest BCUT2D eigenvalue weighted by molar-refractivity contribution is -0.177. The third kappa shape index (κ3) is 14.5. The number of rotatable bonds is 24. The SMILES string of the molecule is O=C(OCCCOCC(COCCCO)(COCCCO)COCCCOC(=O)ON1C(=O)CCC1=O)ON1C(=O)CCC1=O. The molecule has 2 aliphatic rings. The van der Waals surface area contributed by atoms with Gasteiger partial charge >= 0.3 is 12.3 Å². The molecule has 0 saturated carbocycles. The van der Waals surface area contributed by atoms with Crippen LogP contribution in [-0.4, -0.2) is 136 Å². The summed E-state index contributed by atoms with van der Waals surface area (Å²) in [7, 11) is 0. The Bertz CT molecular complexity index is 868. The molecule has 18 nitrogen and oxygen atoms in total. The van der Waals surface area contributed by atoms with Gasteiger partial charge in [-0.3, -0.25) is 28.9 Å². The monoisotopic (exact) mass is 650 g/mol. The third-order valence-corrected chi connectivity index (χ3v) is 6.18. The van der Waals surface area contributed by atoms with Crippen LogP contribution in [0.5, 0.6) is 0 Å². The lowest BCUT2D eigenvalue weighted by Crippen LogP contribution is -2.42. The molecule has 2 fully saturated rings. The zero-order chi connectivity index (χ0) is 32.9. The first-order valence-electron chi connectivity index (χ1n) is 14.6. The molecule has 0 spiro atoms. The number of carbonyl (C=O) groups is 6. The predicted octanol–water partition coefficient (Wildman–Crippen LogP) is 0.0186. The van der Waals surface area contributed by atoms with Crippen LogP contribution in [0.25, 0.3) is 0 Å². The van der Waals surface area contributed by atoms with Crippen molar-refractivity contribution in [2.75, 3.05) is 79.3 Å².